The standard InChI is InChI=1S/C18H20BrN3O/c1-12-4-3-5-15(10-12)22(2)18(23)17-11-16(20-21-17)13-6-8-14(19)9-7-13/h3-10,16-17,20-21H,11H2,1-2H3. The molecule has 2 N–H and O–H groups in total. The van der Waals surface area contributed by atoms with E-state index in [4.69, 9.17) is 0 Å². The van der Waals surface area contributed by atoms with Gasteiger partial charge in [-0.3, -0.25) is 4.79 Å². The molecule has 1 heterocycles. The third kappa shape index (κ3) is 3.63. The van der Waals surface area contributed by atoms with Gasteiger partial charge in [-0.25, -0.2) is 10.9 Å². The zero-order chi connectivity index (χ0) is 16.4. The van der Waals surface area contributed by atoms with Crippen LogP contribution in [0.2, 0.25) is 0 Å². The number of carbonyl (C=O) groups excluding carboxylic acids is 1. The third-order valence-corrected chi connectivity index (χ3v) is 4.72. The predicted molar refractivity (Wildman–Crippen MR) is 96.1 cm³/mol. The highest BCUT2D eigenvalue weighted by atomic mass is 79.9. The first-order valence-corrected chi connectivity index (χ1v) is 8.44. The lowest BCUT2D eigenvalue weighted by Gasteiger charge is -2.21. The van der Waals surface area contributed by atoms with Crippen molar-refractivity contribution in [1.82, 2.24) is 10.9 Å². The van der Waals surface area contributed by atoms with E-state index in [0.717, 1.165) is 22.1 Å². The van der Waals surface area contributed by atoms with Gasteiger partial charge in [0.2, 0.25) is 5.91 Å². The van der Waals surface area contributed by atoms with E-state index in [1.165, 1.54) is 5.56 Å². The normalized spacial score (nSPS) is 20.5. The zero-order valence-electron chi connectivity index (χ0n) is 13.2. The Morgan fingerprint density at radius 3 is 2.61 bits per heavy atom. The number of hydrazine groups is 1. The van der Waals surface area contributed by atoms with Crippen LogP contribution in [0.3, 0.4) is 0 Å². The van der Waals surface area contributed by atoms with Gasteiger partial charge in [0.15, 0.2) is 0 Å². The van der Waals surface area contributed by atoms with E-state index in [0.29, 0.717) is 0 Å². The lowest BCUT2D eigenvalue weighted by atomic mass is 10.0. The Balaban J connectivity index is 1.68. The number of hydrogen-bond donors (Lipinski definition) is 2. The molecule has 4 nitrogen and oxygen atoms in total. The number of nitrogens with zero attached hydrogens (tertiary/aromatic N) is 1. The second-order valence-corrected chi connectivity index (χ2v) is 6.83. The second-order valence-electron chi connectivity index (χ2n) is 5.92. The van der Waals surface area contributed by atoms with Gasteiger partial charge in [0.25, 0.3) is 0 Å². The Kier molecular flexibility index (Phi) is 4.80. The fraction of sp³-hybridized carbons (Fsp3) is 0.278. The third-order valence-electron chi connectivity index (χ3n) is 4.19. The molecular formula is C18H20BrN3O. The van der Waals surface area contributed by atoms with E-state index in [-0.39, 0.29) is 18.0 Å². The smallest absolute Gasteiger partial charge is 0.245 e. The molecule has 23 heavy (non-hydrogen) atoms. The van der Waals surface area contributed by atoms with Crippen LogP contribution in [0, 0.1) is 6.92 Å². The summed E-state index contributed by atoms with van der Waals surface area (Å²) in [4.78, 5) is 14.4. The molecule has 0 saturated carbocycles. The number of benzene rings is 2. The number of likely N-dealkylation sites (N-methyl/N-ethyl adjacent to an activating group) is 1. The summed E-state index contributed by atoms with van der Waals surface area (Å²) >= 11 is 3.44. The van der Waals surface area contributed by atoms with Gasteiger partial charge in [0.1, 0.15) is 6.04 Å². The number of hydrogen-bond acceptors (Lipinski definition) is 3. The molecule has 0 aliphatic carbocycles. The highest BCUT2D eigenvalue weighted by molar-refractivity contribution is 9.10. The van der Waals surface area contributed by atoms with Crippen molar-refractivity contribution in [3.63, 3.8) is 0 Å². The van der Waals surface area contributed by atoms with E-state index < -0.39 is 0 Å². The number of nitrogens with one attached hydrogen (secondary N) is 2. The van der Waals surface area contributed by atoms with Gasteiger partial charge in [-0.1, -0.05) is 40.2 Å². The predicted octanol–water partition coefficient (Wildman–Crippen LogP) is 3.33. The van der Waals surface area contributed by atoms with Crippen LogP contribution in [0.15, 0.2) is 53.0 Å². The quantitative estimate of drug-likeness (QED) is 0.866. The monoisotopic (exact) mass is 373 g/mol. The molecule has 1 aliphatic rings. The minimum atomic E-state index is -0.228. The number of anilines is 1. The second kappa shape index (κ2) is 6.83. The molecular weight excluding hydrogens is 354 g/mol. The summed E-state index contributed by atoms with van der Waals surface area (Å²) in [5, 5.41) is 0. The van der Waals surface area contributed by atoms with Crippen LogP contribution in [-0.4, -0.2) is 19.0 Å². The molecule has 2 unspecified atom stereocenters. The summed E-state index contributed by atoms with van der Waals surface area (Å²) in [6, 6.07) is 16.1. The number of aryl methyl sites for hydroxylation is 1. The van der Waals surface area contributed by atoms with Crippen LogP contribution in [0.5, 0.6) is 0 Å². The van der Waals surface area contributed by atoms with Crippen LogP contribution in [-0.2, 0) is 4.79 Å². The topological polar surface area (TPSA) is 44.4 Å². The molecule has 0 bridgehead atoms. The van der Waals surface area contributed by atoms with Crippen molar-refractivity contribution in [3.05, 3.63) is 64.1 Å². The van der Waals surface area contributed by atoms with Gasteiger partial charge >= 0.3 is 0 Å². The van der Waals surface area contributed by atoms with Gasteiger partial charge in [-0.05, 0) is 48.7 Å². The highest BCUT2D eigenvalue weighted by Gasteiger charge is 2.32. The molecule has 3 rings (SSSR count). The van der Waals surface area contributed by atoms with Gasteiger partial charge in [-0.15, -0.1) is 0 Å². The Morgan fingerprint density at radius 1 is 1.17 bits per heavy atom. The van der Waals surface area contributed by atoms with E-state index >= 15 is 0 Å². The van der Waals surface area contributed by atoms with Gasteiger partial charge < -0.3 is 4.90 Å². The molecule has 5 heteroatoms. The summed E-state index contributed by atoms with van der Waals surface area (Å²) in [5.74, 6) is 0.0720. The molecule has 1 aliphatic heterocycles. The van der Waals surface area contributed by atoms with E-state index in [1.54, 1.807) is 4.90 Å². The van der Waals surface area contributed by atoms with Crippen molar-refractivity contribution < 1.29 is 4.79 Å². The van der Waals surface area contributed by atoms with E-state index in [1.807, 2.05) is 50.4 Å². The molecule has 0 radical (unpaired) electrons. The lowest BCUT2D eigenvalue weighted by Crippen LogP contribution is -2.44. The number of rotatable bonds is 3. The number of carbonyl (C=O) groups is 1. The van der Waals surface area contributed by atoms with Crippen LogP contribution in [0.1, 0.15) is 23.6 Å². The largest absolute Gasteiger partial charge is 0.314 e. The summed E-state index contributed by atoms with van der Waals surface area (Å²) in [6.45, 7) is 2.03. The highest BCUT2D eigenvalue weighted by Crippen LogP contribution is 2.25. The first-order chi connectivity index (χ1) is 11.0. The molecule has 2 aromatic rings. The Hall–Kier alpha value is -1.69. The Morgan fingerprint density at radius 2 is 1.91 bits per heavy atom. The van der Waals surface area contributed by atoms with E-state index in [2.05, 4.69) is 38.9 Å². The lowest BCUT2D eigenvalue weighted by molar-refractivity contribution is -0.120. The first-order valence-electron chi connectivity index (χ1n) is 7.65. The molecule has 0 spiro atoms. The van der Waals surface area contributed by atoms with Crippen molar-refractivity contribution >= 4 is 27.5 Å². The van der Waals surface area contributed by atoms with Crippen molar-refractivity contribution in [2.45, 2.75) is 25.4 Å². The number of halogens is 1. The van der Waals surface area contributed by atoms with Gasteiger partial charge in [0, 0.05) is 23.2 Å². The van der Waals surface area contributed by atoms with Crippen molar-refractivity contribution in [2.24, 2.45) is 0 Å². The maximum atomic E-state index is 12.7. The SMILES string of the molecule is Cc1cccc(N(C)C(=O)C2CC(c3ccc(Br)cc3)NN2)c1. The van der Waals surface area contributed by atoms with Crippen molar-refractivity contribution in [1.29, 1.82) is 0 Å². The molecule has 1 saturated heterocycles. The molecule has 0 aromatic heterocycles. The fourth-order valence-corrected chi connectivity index (χ4v) is 3.09. The van der Waals surface area contributed by atoms with Gasteiger partial charge in [-0.2, -0.15) is 0 Å². The van der Waals surface area contributed by atoms with Crippen LogP contribution < -0.4 is 15.8 Å². The van der Waals surface area contributed by atoms with Crippen molar-refractivity contribution in [2.75, 3.05) is 11.9 Å². The summed E-state index contributed by atoms with van der Waals surface area (Å²) in [7, 11) is 1.83. The number of amides is 1. The molecule has 120 valence electrons. The summed E-state index contributed by atoms with van der Waals surface area (Å²) < 4.78 is 1.05. The Labute approximate surface area is 145 Å². The molecule has 1 fully saturated rings. The first kappa shape index (κ1) is 16.2. The maximum Gasteiger partial charge on any atom is 0.245 e. The fourth-order valence-electron chi connectivity index (χ4n) is 2.83. The van der Waals surface area contributed by atoms with Crippen LogP contribution in [0.25, 0.3) is 0 Å². The van der Waals surface area contributed by atoms with Crippen LogP contribution >= 0.6 is 15.9 Å². The summed E-state index contributed by atoms with van der Waals surface area (Å²) in [6.07, 6.45) is 0.733. The van der Waals surface area contributed by atoms with Gasteiger partial charge in [0.05, 0.1) is 0 Å². The van der Waals surface area contributed by atoms with Crippen LogP contribution in [0.4, 0.5) is 5.69 Å². The maximum absolute atomic E-state index is 12.7. The molecule has 2 aromatic carbocycles. The molecule has 1 amide bonds. The minimum Gasteiger partial charge on any atom is -0.314 e. The average molecular weight is 374 g/mol. The Bertz CT molecular complexity index is 702. The molecule has 2 atom stereocenters. The van der Waals surface area contributed by atoms with E-state index in [9.17, 15) is 4.79 Å². The average Bonchev–Trinajstić information content (AvgIpc) is 3.04. The zero-order valence-corrected chi connectivity index (χ0v) is 14.8. The minimum absolute atomic E-state index is 0.0720. The summed E-state index contributed by atoms with van der Waals surface area (Å²) in [5.41, 5.74) is 9.60. The van der Waals surface area contributed by atoms with Crippen molar-refractivity contribution in [3.8, 4) is 0 Å².